The lowest BCUT2D eigenvalue weighted by atomic mass is 10.2. The Bertz CT molecular complexity index is 460. The van der Waals surface area contributed by atoms with Gasteiger partial charge in [-0.15, -0.1) is 0 Å². The fraction of sp³-hybridized carbons (Fsp3) is 0.500. The second-order valence-electron chi connectivity index (χ2n) is 3.83. The second kappa shape index (κ2) is 5.73. The molecule has 0 saturated carbocycles. The summed E-state index contributed by atoms with van der Waals surface area (Å²) in [6.07, 6.45) is 1.87. The maximum absolute atomic E-state index is 11.0. The smallest absolute Gasteiger partial charge is 0.322 e. The topological polar surface area (TPSA) is 78.4 Å². The van der Waals surface area contributed by atoms with Crippen LogP contribution in [0.4, 0.5) is 5.82 Å². The van der Waals surface area contributed by atoms with Crippen molar-refractivity contribution in [1.82, 2.24) is 15.3 Å². The van der Waals surface area contributed by atoms with Crippen molar-refractivity contribution in [2.45, 2.75) is 11.2 Å². The summed E-state index contributed by atoms with van der Waals surface area (Å²) in [6.45, 7) is 1.68. The van der Waals surface area contributed by atoms with Crippen molar-refractivity contribution in [3.63, 3.8) is 0 Å². The summed E-state index contributed by atoms with van der Waals surface area (Å²) in [6, 6.07) is 1.08. The highest BCUT2D eigenvalue weighted by Crippen LogP contribution is 2.21. The summed E-state index contributed by atoms with van der Waals surface area (Å²) >= 11 is 7.33. The molecule has 1 aromatic heterocycles. The van der Waals surface area contributed by atoms with Gasteiger partial charge in [-0.2, -0.15) is 0 Å². The van der Waals surface area contributed by atoms with Crippen molar-refractivity contribution in [3.05, 3.63) is 11.2 Å². The molecule has 0 bridgehead atoms. The molecule has 0 aromatic carbocycles. The summed E-state index contributed by atoms with van der Waals surface area (Å²) in [5.74, 6) is -0.183. The summed E-state index contributed by atoms with van der Waals surface area (Å²) in [7, 11) is 0. The van der Waals surface area contributed by atoms with E-state index < -0.39 is 12.0 Å². The number of carboxylic acid groups (broad SMARTS) is 1. The third kappa shape index (κ3) is 3.04. The monoisotopic (exact) mass is 288 g/mol. The number of anilines is 1. The number of piperazine rings is 1. The number of nitrogens with zero attached hydrogens (tertiary/aromatic N) is 3. The average molecular weight is 289 g/mol. The standard InChI is InChI=1S/C10H13ClN4O2S/c1-18-10-13-7(11)4-8(14-10)15-3-2-12-6(5-15)9(16)17/h4,6,12H,2-3,5H2,1H3,(H,16,17)/t6-/m1/s1. The Hall–Kier alpha value is -1.05. The molecule has 0 radical (unpaired) electrons. The van der Waals surface area contributed by atoms with Gasteiger partial charge in [-0.3, -0.25) is 4.79 Å². The molecule has 1 saturated heterocycles. The largest absolute Gasteiger partial charge is 0.480 e. The van der Waals surface area contributed by atoms with Crippen LogP contribution in [-0.2, 0) is 4.79 Å². The predicted octanol–water partition coefficient (Wildman–Crippen LogP) is 0.715. The first-order valence-corrected chi connectivity index (χ1v) is 7.00. The van der Waals surface area contributed by atoms with Gasteiger partial charge in [0.1, 0.15) is 17.0 Å². The van der Waals surface area contributed by atoms with Crippen molar-refractivity contribution in [2.75, 3.05) is 30.8 Å². The highest BCUT2D eigenvalue weighted by molar-refractivity contribution is 7.98. The molecule has 1 fully saturated rings. The van der Waals surface area contributed by atoms with Crippen LogP contribution in [-0.4, -0.2) is 53.0 Å². The van der Waals surface area contributed by atoms with E-state index in [0.717, 1.165) is 0 Å². The van der Waals surface area contributed by atoms with Gasteiger partial charge in [-0.25, -0.2) is 9.97 Å². The minimum Gasteiger partial charge on any atom is -0.480 e. The summed E-state index contributed by atoms with van der Waals surface area (Å²) < 4.78 is 0. The Balaban J connectivity index is 2.20. The Kier molecular flexibility index (Phi) is 4.26. The molecule has 0 spiro atoms. The quantitative estimate of drug-likeness (QED) is 0.482. The van der Waals surface area contributed by atoms with Gasteiger partial charge in [0, 0.05) is 25.7 Å². The summed E-state index contributed by atoms with van der Waals surface area (Å²) in [5, 5.41) is 12.9. The summed E-state index contributed by atoms with van der Waals surface area (Å²) in [4.78, 5) is 21.3. The highest BCUT2D eigenvalue weighted by Gasteiger charge is 2.25. The summed E-state index contributed by atoms with van der Waals surface area (Å²) in [5.41, 5.74) is 0. The van der Waals surface area contributed by atoms with Gasteiger partial charge in [-0.1, -0.05) is 23.4 Å². The molecule has 0 amide bonds. The first kappa shape index (κ1) is 13.4. The maximum atomic E-state index is 11.0. The Morgan fingerprint density at radius 1 is 1.67 bits per heavy atom. The van der Waals surface area contributed by atoms with Crippen molar-refractivity contribution >= 4 is 35.1 Å². The van der Waals surface area contributed by atoms with Crippen LogP contribution in [0, 0.1) is 0 Å². The van der Waals surface area contributed by atoms with Gasteiger partial charge in [0.2, 0.25) is 0 Å². The van der Waals surface area contributed by atoms with Crippen LogP contribution < -0.4 is 10.2 Å². The molecule has 1 aromatic rings. The van der Waals surface area contributed by atoms with Gasteiger partial charge >= 0.3 is 5.97 Å². The number of aliphatic carboxylic acids is 1. The zero-order chi connectivity index (χ0) is 13.1. The highest BCUT2D eigenvalue weighted by atomic mass is 35.5. The molecule has 6 nitrogen and oxygen atoms in total. The molecule has 1 aliphatic heterocycles. The SMILES string of the molecule is CSc1nc(Cl)cc(N2CCN[C@@H](C(=O)O)C2)n1. The van der Waals surface area contributed by atoms with E-state index in [2.05, 4.69) is 15.3 Å². The molecule has 2 N–H and O–H groups in total. The van der Waals surface area contributed by atoms with E-state index in [4.69, 9.17) is 16.7 Å². The number of carboxylic acids is 1. The third-order valence-corrected chi connectivity index (χ3v) is 3.38. The van der Waals surface area contributed by atoms with Crippen LogP contribution >= 0.6 is 23.4 Å². The molecular formula is C10H13ClN4O2S. The van der Waals surface area contributed by atoms with Crippen LogP contribution in [0.1, 0.15) is 0 Å². The molecule has 2 rings (SSSR count). The van der Waals surface area contributed by atoms with Crippen LogP contribution in [0.15, 0.2) is 11.2 Å². The van der Waals surface area contributed by atoms with E-state index in [1.807, 2.05) is 11.2 Å². The van der Waals surface area contributed by atoms with Crippen molar-refractivity contribution in [3.8, 4) is 0 Å². The van der Waals surface area contributed by atoms with E-state index >= 15 is 0 Å². The zero-order valence-electron chi connectivity index (χ0n) is 9.76. The molecule has 1 atom stereocenters. The van der Waals surface area contributed by atoms with E-state index in [9.17, 15) is 4.79 Å². The molecule has 1 aliphatic rings. The van der Waals surface area contributed by atoms with E-state index in [0.29, 0.717) is 35.8 Å². The van der Waals surface area contributed by atoms with Gasteiger partial charge in [0.15, 0.2) is 5.16 Å². The number of hydrogen-bond acceptors (Lipinski definition) is 6. The minimum absolute atomic E-state index is 0.370. The third-order valence-electron chi connectivity index (χ3n) is 2.64. The molecule has 18 heavy (non-hydrogen) atoms. The normalized spacial score (nSPS) is 19.9. The molecule has 98 valence electrons. The zero-order valence-corrected chi connectivity index (χ0v) is 11.3. The fourth-order valence-corrected chi connectivity index (χ4v) is 2.36. The average Bonchev–Trinajstić information content (AvgIpc) is 2.38. The fourth-order valence-electron chi connectivity index (χ4n) is 1.76. The van der Waals surface area contributed by atoms with E-state index in [1.54, 1.807) is 6.07 Å². The molecule has 8 heteroatoms. The molecule has 2 heterocycles. The van der Waals surface area contributed by atoms with E-state index in [1.165, 1.54) is 11.8 Å². The molecule has 0 unspecified atom stereocenters. The van der Waals surface area contributed by atoms with Crippen LogP contribution in [0.2, 0.25) is 5.15 Å². The number of rotatable bonds is 3. The minimum atomic E-state index is -0.857. The maximum Gasteiger partial charge on any atom is 0.322 e. The van der Waals surface area contributed by atoms with E-state index in [-0.39, 0.29) is 0 Å². The number of thioether (sulfide) groups is 1. The van der Waals surface area contributed by atoms with Crippen LogP contribution in [0.5, 0.6) is 0 Å². The van der Waals surface area contributed by atoms with Crippen molar-refractivity contribution in [1.29, 1.82) is 0 Å². The number of halogens is 1. The lowest BCUT2D eigenvalue weighted by Crippen LogP contribution is -2.54. The number of hydrogen-bond donors (Lipinski definition) is 2. The van der Waals surface area contributed by atoms with Crippen molar-refractivity contribution < 1.29 is 9.90 Å². The Morgan fingerprint density at radius 3 is 3.11 bits per heavy atom. The lowest BCUT2D eigenvalue weighted by molar-refractivity contribution is -0.139. The lowest BCUT2D eigenvalue weighted by Gasteiger charge is -2.32. The van der Waals surface area contributed by atoms with Gasteiger partial charge < -0.3 is 15.3 Å². The van der Waals surface area contributed by atoms with Crippen LogP contribution in [0.25, 0.3) is 0 Å². The first-order chi connectivity index (χ1) is 8.60. The van der Waals surface area contributed by atoms with Gasteiger partial charge in [0.05, 0.1) is 0 Å². The van der Waals surface area contributed by atoms with Gasteiger partial charge in [-0.05, 0) is 6.26 Å². The first-order valence-electron chi connectivity index (χ1n) is 5.40. The predicted molar refractivity (Wildman–Crippen MR) is 70.5 cm³/mol. The Morgan fingerprint density at radius 2 is 2.44 bits per heavy atom. The van der Waals surface area contributed by atoms with Gasteiger partial charge in [0.25, 0.3) is 0 Å². The van der Waals surface area contributed by atoms with Crippen LogP contribution in [0.3, 0.4) is 0 Å². The Labute approximate surface area is 114 Å². The second-order valence-corrected chi connectivity index (χ2v) is 4.99. The number of carbonyl (C=O) groups is 1. The van der Waals surface area contributed by atoms with Crippen molar-refractivity contribution in [2.24, 2.45) is 0 Å². The molecular weight excluding hydrogens is 276 g/mol. The number of nitrogens with one attached hydrogen (secondary N) is 1. The number of aromatic nitrogens is 2. The molecule has 0 aliphatic carbocycles.